The van der Waals surface area contributed by atoms with Crippen molar-refractivity contribution in [3.63, 3.8) is 0 Å². The second-order valence-corrected chi connectivity index (χ2v) is 6.46. The van der Waals surface area contributed by atoms with Gasteiger partial charge in [0.05, 0.1) is 28.2 Å². The third-order valence-corrected chi connectivity index (χ3v) is 4.66. The van der Waals surface area contributed by atoms with Gasteiger partial charge in [-0.3, -0.25) is 4.98 Å². The molecule has 0 bridgehead atoms. The van der Waals surface area contributed by atoms with Crippen molar-refractivity contribution in [2.75, 3.05) is 0 Å². The third-order valence-electron chi connectivity index (χ3n) is 2.63. The Balaban J connectivity index is 1.90. The van der Waals surface area contributed by atoms with E-state index in [1.807, 2.05) is 0 Å². The lowest BCUT2D eigenvalue weighted by Gasteiger charge is -2.04. The summed E-state index contributed by atoms with van der Waals surface area (Å²) in [6.45, 7) is 0.112. The summed E-state index contributed by atoms with van der Waals surface area (Å²) in [5, 5.41) is 1.76. The molecule has 0 fully saturated rings. The van der Waals surface area contributed by atoms with Crippen LogP contribution in [0.1, 0.15) is 5.69 Å². The Morgan fingerprint density at radius 2 is 2.25 bits per heavy atom. The lowest BCUT2D eigenvalue weighted by Crippen LogP contribution is -2.23. The highest BCUT2D eigenvalue weighted by atomic mass is 32.2. The second-order valence-electron chi connectivity index (χ2n) is 3.98. The lowest BCUT2D eigenvalue weighted by atomic mass is 10.3. The van der Waals surface area contributed by atoms with Crippen molar-refractivity contribution in [1.29, 1.82) is 0 Å². The van der Waals surface area contributed by atoms with Crippen molar-refractivity contribution in [2.24, 2.45) is 0 Å². The Morgan fingerprint density at radius 1 is 1.40 bits per heavy atom. The fourth-order valence-electron chi connectivity index (χ4n) is 1.67. The molecule has 1 aromatic carbocycles. The van der Waals surface area contributed by atoms with E-state index < -0.39 is 15.8 Å². The number of fused-ring (bicyclic) bond motifs is 1. The van der Waals surface area contributed by atoms with Crippen molar-refractivity contribution in [1.82, 2.24) is 14.7 Å². The van der Waals surface area contributed by atoms with E-state index in [4.69, 9.17) is 4.42 Å². The quantitative estimate of drug-likeness (QED) is 0.749. The van der Waals surface area contributed by atoms with E-state index in [1.165, 1.54) is 29.5 Å². The van der Waals surface area contributed by atoms with Crippen LogP contribution in [0.25, 0.3) is 11.1 Å². The van der Waals surface area contributed by atoms with Crippen molar-refractivity contribution >= 4 is 32.5 Å². The van der Waals surface area contributed by atoms with Gasteiger partial charge in [0.15, 0.2) is 5.58 Å². The molecule has 2 aromatic heterocycles. The van der Waals surface area contributed by atoms with Gasteiger partial charge >= 0.3 is 5.76 Å². The van der Waals surface area contributed by atoms with E-state index in [-0.39, 0.29) is 17.0 Å². The molecule has 0 saturated carbocycles. The van der Waals surface area contributed by atoms with Gasteiger partial charge in [0.2, 0.25) is 10.0 Å². The summed E-state index contributed by atoms with van der Waals surface area (Å²) in [5.74, 6) is -0.620. The van der Waals surface area contributed by atoms with Gasteiger partial charge in [-0.25, -0.2) is 22.9 Å². The van der Waals surface area contributed by atoms with Gasteiger partial charge in [0.25, 0.3) is 0 Å². The minimum atomic E-state index is -3.68. The van der Waals surface area contributed by atoms with Crippen LogP contribution >= 0.6 is 11.3 Å². The molecule has 0 radical (unpaired) electrons. The molecule has 0 saturated heterocycles. The predicted octanol–water partition coefficient (Wildman–Crippen LogP) is 1.06. The third kappa shape index (κ3) is 2.50. The number of H-pyrrole nitrogens is 1. The maximum atomic E-state index is 12.1. The smallest absolute Gasteiger partial charge is 0.408 e. The zero-order valence-electron chi connectivity index (χ0n) is 9.99. The van der Waals surface area contributed by atoms with Crippen LogP contribution in [0.5, 0.6) is 0 Å². The number of nitrogens with one attached hydrogen (secondary N) is 2. The van der Waals surface area contributed by atoms with Crippen LogP contribution in [0.3, 0.4) is 0 Å². The summed E-state index contributed by atoms with van der Waals surface area (Å²) in [4.78, 5) is 17.5. The monoisotopic (exact) mass is 311 g/mol. The van der Waals surface area contributed by atoms with Crippen molar-refractivity contribution in [3.8, 4) is 0 Å². The molecule has 9 heteroatoms. The molecular weight excluding hydrogens is 302 g/mol. The summed E-state index contributed by atoms with van der Waals surface area (Å²) in [6.07, 6.45) is 0. The van der Waals surface area contributed by atoms with Crippen molar-refractivity contribution < 1.29 is 12.8 Å². The van der Waals surface area contributed by atoms with Gasteiger partial charge < -0.3 is 4.42 Å². The molecule has 3 rings (SSSR count). The Kier molecular flexibility index (Phi) is 3.16. The number of sulfonamides is 1. The minimum absolute atomic E-state index is 0.0305. The molecule has 2 N–H and O–H groups in total. The summed E-state index contributed by atoms with van der Waals surface area (Å²) < 4.78 is 31.5. The van der Waals surface area contributed by atoms with E-state index >= 15 is 0 Å². The normalized spacial score (nSPS) is 12.0. The largest absolute Gasteiger partial charge is 0.417 e. The van der Waals surface area contributed by atoms with E-state index in [0.717, 1.165) is 0 Å². The number of hydrogen-bond donors (Lipinski definition) is 2. The first-order valence-corrected chi connectivity index (χ1v) is 7.97. The fraction of sp³-hybridized carbons (Fsp3) is 0.0909. The molecule has 0 unspecified atom stereocenters. The van der Waals surface area contributed by atoms with Crippen LogP contribution < -0.4 is 10.5 Å². The number of thiazole rings is 1. The van der Waals surface area contributed by atoms with E-state index in [9.17, 15) is 13.2 Å². The van der Waals surface area contributed by atoms with Crippen LogP contribution in [-0.4, -0.2) is 18.4 Å². The second kappa shape index (κ2) is 4.85. The minimum Gasteiger partial charge on any atom is -0.408 e. The number of aromatic nitrogens is 2. The van der Waals surface area contributed by atoms with Crippen LogP contribution in [0, 0.1) is 0 Å². The fourth-order valence-corrected chi connectivity index (χ4v) is 3.24. The molecule has 104 valence electrons. The van der Waals surface area contributed by atoms with Gasteiger partial charge in [-0.15, -0.1) is 11.3 Å². The number of nitrogens with zero attached hydrogens (tertiary/aromatic N) is 1. The Morgan fingerprint density at radius 3 is 3.00 bits per heavy atom. The van der Waals surface area contributed by atoms with Crippen LogP contribution in [-0.2, 0) is 16.6 Å². The van der Waals surface area contributed by atoms with Gasteiger partial charge in [-0.05, 0) is 12.1 Å². The summed E-state index contributed by atoms with van der Waals surface area (Å²) in [6, 6.07) is 4.19. The van der Waals surface area contributed by atoms with Gasteiger partial charge in [-0.1, -0.05) is 0 Å². The molecule has 2 heterocycles. The highest BCUT2D eigenvalue weighted by Crippen LogP contribution is 2.16. The molecule has 0 spiro atoms. The van der Waals surface area contributed by atoms with Crippen molar-refractivity contribution in [3.05, 3.63) is 45.3 Å². The van der Waals surface area contributed by atoms with Crippen molar-refractivity contribution in [2.45, 2.75) is 11.4 Å². The van der Waals surface area contributed by atoms with Gasteiger partial charge in [0.1, 0.15) is 0 Å². The topological polar surface area (TPSA) is 105 Å². The Hall–Kier alpha value is -1.97. The molecule has 0 aliphatic heterocycles. The maximum absolute atomic E-state index is 12.1. The first-order valence-electron chi connectivity index (χ1n) is 5.54. The number of aromatic amines is 1. The van der Waals surface area contributed by atoms with Gasteiger partial charge in [-0.2, -0.15) is 0 Å². The standard InChI is InChI=1S/C11H9N3O4S2/c15-11-14-9-2-1-8(3-10(9)18-11)20(16,17)13-4-7-5-19-6-12-7/h1-3,5-6,13H,4H2,(H,14,15). The zero-order valence-corrected chi connectivity index (χ0v) is 11.6. The molecule has 0 amide bonds. The molecule has 7 nitrogen and oxygen atoms in total. The maximum Gasteiger partial charge on any atom is 0.417 e. The number of oxazole rings is 1. The SMILES string of the molecule is O=c1[nH]c2ccc(S(=O)(=O)NCc3cscn3)cc2o1. The number of rotatable bonds is 4. The highest BCUT2D eigenvalue weighted by molar-refractivity contribution is 7.89. The molecule has 20 heavy (non-hydrogen) atoms. The molecule has 3 aromatic rings. The average molecular weight is 311 g/mol. The average Bonchev–Trinajstić information content (AvgIpc) is 3.03. The van der Waals surface area contributed by atoms with Crippen LogP contribution in [0.4, 0.5) is 0 Å². The van der Waals surface area contributed by atoms with E-state index in [2.05, 4.69) is 14.7 Å². The van der Waals surface area contributed by atoms with Crippen LogP contribution in [0.2, 0.25) is 0 Å². The Bertz CT molecular complexity index is 893. The molecule has 0 aliphatic carbocycles. The first-order chi connectivity index (χ1) is 9.54. The Labute approximate surface area is 117 Å². The summed E-state index contributed by atoms with van der Waals surface area (Å²) in [5.41, 5.74) is 2.93. The highest BCUT2D eigenvalue weighted by Gasteiger charge is 2.16. The van der Waals surface area contributed by atoms with Gasteiger partial charge in [0, 0.05) is 11.4 Å². The van der Waals surface area contributed by atoms with E-state index in [0.29, 0.717) is 11.2 Å². The predicted molar refractivity (Wildman–Crippen MR) is 73.0 cm³/mol. The summed E-state index contributed by atoms with van der Waals surface area (Å²) >= 11 is 1.39. The molecule has 0 atom stereocenters. The molecular formula is C11H9N3O4S2. The number of benzene rings is 1. The first kappa shape index (κ1) is 13.0. The number of hydrogen-bond acceptors (Lipinski definition) is 6. The zero-order chi connectivity index (χ0) is 14.2. The summed E-state index contributed by atoms with van der Waals surface area (Å²) in [7, 11) is -3.68. The molecule has 0 aliphatic rings. The van der Waals surface area contributed by atoms with Crippen LogP contribution in [0.15, 0.2) is 43.2 Å². The van der Waals surface area contributed by atoms with E-state index in [1.54, 1.807) is 10.9 Å². The lowest BCUT2D eigenvalue weighted by molar-refractivity contribution is 0.553.